The van der Waals surface area contributed by atoms with Crippen LogP contribution < -0.4 is 5.32 Å². The molecule has 2 aromatic carbocycles. The summed E-state index contributed by atoms with van der Waals surface area (Å²) >= 11 is 0. The molecule has 132 valence electrons. The van der Waals surface area contributed by atoms with Gasteiger partial charge in [-0.1, -0.05) is 36.4 Å². The molecule has 1 aliphatic heterocycles. The van der Waals surface area contributed by atoms with Crippen molar-refractivity contribution in [3.63, 3.8) is 0 Å². The average molecular weight is 345 g/mol. The molecule has 1 fully saturated rings. The van der Waals surface area contributed by atoms with Crippen LogP contribution in [0.3, 0.4) is 0 Å². The van der Waals surface area contributed by atoms with E-state index in [9.17, 15) is 4.79 Å². The summed E-state index contributed by atoms with van der Waals surface area (Å²) in [6.45, 7) is 1.56. The molecule has 1 unspecified atom stereocenters. The lowest BCUT2D eigenvalue weighted by atomic mass is 9.98. The van der Waals surface area contributed by atoms with E-state index in [0.717, 1.165) is 40.6 Å². The second-order valence-corrected chi connectivity index (χ2v) is 6.94. The highest BCUT2D eigenvalue weighted by Gasteiger charge is 2.26. The molecule has 26 heavy (non-hydrogen) atoms. The van der Waals surface area contributed by atoms with Crippen LogP contribution in [0.5, 0.6) is 0 Å². The first-order chi connectivity index (χ1) is 12.7. The first kappa shape index (κ1) is 16.7. The molecular weight excluding hydrogens is 322 g/mol. The van der Waals surface area contributed by atoms with E-state index in [1.54, 1.807) is 0 Å². The average Bonchev–Trinajstić information content (AvgIpc) is 3.11. The highest BCUT2D eigenvalue weighted by Crippen LogP contribution is 2.32. The van der Waals surface area contributed by atoms with Crippen molar-refractivity contribution in [3.05, 3.63) is 77.5 Å². The maximum Gasteiger partial charge on any atom is 0.251 e. The van der Waals surface area contributed by atoms with Crippen molar-refractivity contribution in [3.8, 4) is 0 Å². The number of benzene rings is 2. The van der Waals surface area contributed by atoms with Crippen LogP contribution in [-0.4, -0.2) is 29.4 Å². The molecule has 4 rings (SSSR count). The molecule has 0 radical (unpaired) electrons. The predicted molar refractivity (Wildman–Crippen MR) is 104 cm³/mol. The van der Waals surface area contributed by atoms with Crippen molar-refractivity contribution in [1.29, 1.82) is 0 Å². The Labute approximate surface area is 153 Å². The molecule has 2 heterocycles. The number of hydrogen-bond donors (Lipinski definition) is 1. The molecule has 0 bridgehead atoms. The number of pyridine rings is 1. The minimum absolute atomic E-state index is 0.0194. The molecule has 1 atom stereocenters. The van der Waals surface area contributed by atoms with Gasteiger partial charge in [-0.25, -0.2) is 0 Å². The van der Waals surface area contributed by atoms with Gasteiger partial charge in [-0.05, 0) is 55.8 Å². The second-order valence-electron chi connectivity index (χ2n) is 6.94. The predicted octanol–water partition coefficient (Wildman–Crippen LogP) is 3.93. The summed E-state index contributed by atoms with van der Waals surface area (Å²) in [4.78, 5) is 19.6. The largest absolute Gasteiger partial charge is 0.348 e. The molecule has 0 spiro atoms. The van der Waals surface area contributed by atoms with Gasteiger partial charge in [0.05, 0.1) is 5.52 Å². The minimum atomic E-state index is -0.0194. The van der Waals surface area contributed by atoms with Crippen molar-refractivity contribution < 1.29 is 4.79 Å². The lowest BCUT2D eigenvalue weighted by molar-refractivity contribution is 0.0948. The quantitative estimate of drug-likeness (QED) is 0.779. The number of amides is 1. The Bertz CT molecular complexity index is 937. The number of likely N-dealkylation sites (tertiary alicyclic amines) is 1. The highest BCUT2D eigenvalue weighted by molar-refractivity contribution is 5.95. The van der Waals surface area contributed by atoms with Crippen LogP contribution in [0.1, 0.15) is 40.4 Å². The van der Waals surface area contributed by atoms with Gasteiger partial charge in [0.25, 0.3) is 5.91 Å². The third-order valence-electron chi connectivity index (χ3n) is 5.19. The number of rotatable bonds is 4. The SMILES string of the molecule is CN1CCCC1c1ccccc1C(=O)NCc1cnc2ccccc2c1. The third kappa shape index (κ3) is 3.33. The topological polar surface area (TPSA) is 45.2 Å². The van der Waals surface area contributed by atoms with Crippen LogP contribution >= 0.6 is 0 Å². The maximum absolute atomic E-state index is 12.8. The maximum atomic E-state index is 12.8. The Kier molecular flexibility index (Phi) is 4.67. The van der Waals surface area contributed by atoms with E-state index in [2.05, 4.69) is 34.4 Å². The second kappa shape index (κ2) is 7.26. The van der Waals surface area contributed by atoms with E-state index in [4.69, 9.17) is 0 Å². The Morgan fingerprint density at radius 1 is 1.19 bits per heavy atom. The number of fused-ring (bicyclic) bond motifs is 1. The van der Waals surface area contributed by atoms with E-state index in [1.807, 2.05) is 48.7 Å². The van der Waals surface area contributed by atoms with Crippen molar-refractivity contribution in [2.45, 2.75) is 25.4 Å². The Balaban J connectivity index is 1.51. The van der Waals surface area contributed by atoms with Crippen LogP contribution in [-0.2, 0) is 6.54 Å². The van der Waals surface area contributed by atoms with Crippen molar-refractivity contribution in [2.24, 2.45) is 0 Å². The summed E-state index contributed by atoms with van der Waals surface area (Å²) in [7, 11) is 2.13. The van der Waals surface area contributed by atoms with Gasteiger partial charge < -0.3 is 5.32 Å². The number of para-hydroxylation sites is 1. The van der Waals surface area contributed by atoms with E-state index in [1.165, 1.54) is 6.42 Å². The van der Waals surface area contributed by atoms with Gasteiger partial charge >= 0.3 is 0 Å². The zero-order valence-corrected chi connectivity index (χ0v) is 15.0. The van der Waals surface area contributed by atoms with E-state index >= 15 is 0 Å². The molecule has 1 saturated heterocycles. The third-order valence-corrected chi connectivity index (χ3v) is 5.19. The molecule has 1 N–H and O–H groups in total. The van der Waals surface area contributed by atoms with Gasteiger partial charge in [0.15, 0.2) is 0 Å². The Morgan fingerprint density at radius 3 is 2.85 bits per heavy atom. The van der Waals surface area contributed by atoms with Gasteiger partial charge in [0.2, 0.25) is 0 Å². The summed E-state index contributed by atoms with van der Waals surface area (Å²) in [6.07, 6.45) is 4.12. The molecule has 0 saturated carbocycles. The number of hydrogen-bond acceptors (Lipinski definition) is 3. The summed E-state index contributed by atoms with van der Waals surface area (Å²) in [5.74, 6) is -0.0194. The molecular formula is C22H23N3O. The molecule has 0 aliphatic carbocycles. The van der Waals surface area contributed by atoms with Crippen LogP contribution in [0, 0.1) is 0 Å². The number of aromatic nitrogens is 1. The molecule has 4 nitrogen and oxygen atoms in total. The summed E-state index contributed by atoms with van der Waals surface area (Å²) < 4.78 is 0. The zero-order valence-electron chi connectivity index (χ0n) is 15.0. The summed E-state index contributed by atoms with van der Waals surface area (Å²) in [5.41, 5.74) is 3.88. The molecule has 1 amide bonds. The van der Waals surface area contributed by atoms with Crippen molar-refractivity contribution in [2.75, 3.05) is 13.6 Å². The highest BCUT2D eigenvalue weighted by atomic mass is 16.1. The molecule has 1 aromatic heterocycles. The lowest BCUT2D eigenvalue weighted by Crippen LogP contribution is -2.26. The van der Waals surface area contributed by atoms with Gasteiger partial charge in [-0.15, -0.1) is 0 Å². The lowest BCUT2D eigenvalue weighted by Gasteiger charge is -2.22. The van der Waals surface area contributed by atoms with Gasteiger partial charge in [0, 0.05) is 29.7 Å². The van der Waals surface area contributed by atoms with E-state index in [-0.39, 0.29) is 5.91 Å². The van der Waals surface area contributed by atoms with Crippen LogP contribution in [0.25, 0.3) is 10.9 Å². The number of carbonyl (C=O) groups is 1. The van der Waals surface area contributed by atoms with Crippen molar-refractivity contribution in [1.82, 2.24) is 15.2 Å². The van der Waals surface area contributed by atoms with E-state index in [0.29, 0.717) is 12.6 Å². The van der Waals surface area contributed by atoms with Gasteiger partial charge in [-0.3, -0.25) is 14.7 Å². The standard InChI is InChI=1S/C22H23N3O/c1-25-12-6-11-21(25)18-8-3-4-9-19(18)22(26)24-15-16-13-17-7-2-5-10-20(17)23-14-16/h2-5,7-10,13-14,21H,6,11-12,15H2,1H3,(H,24,26). The normalized spacial score (nSPS) is 17.5. The molecule has 4 heteroatoms. The molecule has 3 aromatic rings. The molecule has 1 aliphatic rings. The van der Waals surface area contributed by atoms with Crippen molar-refractivity contribution >= 4 is 16.8 Å². The van der Waals surface area contributed by atoms with Crippen LogP contribution in [0.2, 0.25) is 0 Å². The Morgan fingerprint density at radius 2 is 2.00 bits per heavy atom. The minimum Gasteiger partial charge on any atom is -0.348 e. The number of nitrogens with zero attached hydrogens (tertiary/aromatic N) is 2. The fraction of sp³-hybridized carbons (Fsp3) is 0.273. The first-order valence-electron chi connectivity index (χ1n) is 9.13. The smallest absolute Gasteiger partial charge is 0.251 e. The number of carbonyl (C=O) groups excluding carboxylic acids is 1. The first-order valence-corrected chi connectivity index (χ1v) is 9.13. The van der Waals surface area contributed by atoms with Crippen LogP contribution in [0.15, 0.2) is 60.8 Å². The summed E-state index contributed by atoms with van der Waals surface area (Å²) in [5, 5.41) is 4.15. The van der Waals surface area contributed by atoms with Gasteiger partial charge in [-0.2, -0.15) is 0 Å². The Hall–Kier alpha value is -2.72. The van der Waals surface area contributed by atoms with Crippen LogP contribution in [0.4, 0.5) is 0 Å². The number of nitrogens with one attached hydrogen (secondary N) is 1. The summed E-state index contributed by atoms with van der Waals surface area (Å²) in [6, 6.07) is 18.4. The zero-order chi connectivity index (χ0) is 17.9. The van der Waals surface area contributed by atoms with E-state index < -0.39 is 0 Å². The monoisotopic (exact) mass is 345 g/mol. The fourth-order valence-corrected chi connectivity index (χ4v) is 3.79. The fourth-order valence-electron chi connectivity index (χ4n) is 3.79. The van der Waals surface area contributed by atoms with Gasteiger partial charge in [0.1, 0.15) is 0 Å².